The third-order valence-electron chi connectivity index (χ3n) is 7.84. The summed E-state index contributed by atoms with van der Waals surface area (Å²) in [6, 6.07) is 14.0. The number of aromatic amines is 1. The largest absolute Gasteiger partial charge is 0.351 e. The van der Waals surface area contributed by atoms with E-state index in [1.54, 1.807) is 18.2 Å². The third kappa shape index (κ3) is 4.50. The maximum atomic E-state index is 13.9. The maximum absolute atomic E-state index is 13.9. The number of nitrogens with zero attached hydrogens (tertiary/aromatic N) is 2. The predicted octanol–water partition coefficient (Wildman–Crippen LogP) is 4.65. The Bertz CT molecular complexity index is 1360. The monoisotopic (exact) mass is 520 g/mol. The average molecular weight is 521 g/mol. The molecule has 0 spiro atoms. The van der Waals surface area contributed by atoms with E-state index in [9.17, 15) is 14.4 Å². The summed E-state index contributed by atoms with van der Waals surface area (Å²) >= 11 is 6.38. The Labute approximate surface area is 222 Å². The molecule has 2 aromatic carbocycles. The van der Waals surface area contributed by atoms with Crippen molar-refractivity contribution in [2.24, 2.45) is 11.3 Å². The van der Waals surface area contributed by atoms with Gasteiger partial charge < -0.3 is 20.1 Å². The van der Waals surface area contributed by atoms with E-state index in [0.717, 1.165) is 16.5 Å². The molecule has 2 saturated heterocycles. The van der Waals surface area contributed by atoms with Gasteiger partial charge in [0.1, 0.15) is 11.7 Å². The number of para-hydroxylation sites is 1. The summed E-state index contributed by atoms with van der Waals surface area (Å²) in [6.45, 7) is 10.8. The summed E-state index contributed by atoms with van der Waals surface area (Å²) in [6.07, 6.45) is 0. The Kier molecular flexibility index (Phi) is 6.31. The molecule has 8 heteroatoms. The Morgan fingerprint density at radius 3 is 2.32 bits per heavy atom. The number of H-pyrrole nitrogens is 1. The van der Waals surface area contributed by atoms with Crippen molar-refractivity contribution in [3.63, 3.8) is 0 Å². The van der Waals surface area contributed by atoms with Gasteiger partial charge in [0.15, 0.2) is 0 Å². The molecule has 0 radical (unpaired) electrons. The molecule has 2 aliphatic rings. The molecule has 1 aromatic heterocycles. The highest BCUT2D eigenvalue weighted by atomic mass is 35.5. The zero-order valence-corrected chi connectivity index (χ0v) is 22.6. The van der Waals surface area contributed by atoms with Crippen LogP contribution >= 0.6 is 11.6 Å². The lowest BCUT2D eigenvalue weighted by Gasteiger charge is -2.39. The predicted molar refractivity (Wildman–Crippen MR) is 145 cm³/mol. The summed E-state index contributed by atoms with van der Waals surface area (Å²) in [5.41, 5.74) is 2.27. The summed E-state index contributed by atoms with van der Waals surface area (Å²) in [5, 5.41) is 4.38. The molecule has 2 bridgehead atoms. The van der Waals surface area contributed by atoms with Gasteiger partial charge in [-0.05, 0) is 42.2 Å². The van der Waals surface area contributed by atoms with Crippen LogP contribution in [-0.4, -0.2) is 63.7 Å². The number of piperazine rings is 1. The van der Waals surface area contributed by atoms with Crippen LogP contribution in [0.3, 0.4) is 0 Å². The summed E-state index contributed by atoms with van der Waals surface area (Å²) < 4.78 is 0. The first-order valence-electron chi connectivity index (χ1n) is 12.7. The molecule has 0 unspecified atom stereocenters. The standard InChI is InChI=1S/C29H33ClN4O3/c1-16-10-11-19(20(30)12-16)27(36)33-14-24-17(2)23(33)15-34(24)28(37)25(29(3,4)5)32-26(35)22-13-18-8-6-7-9-21(18)31-22/h6-13,17,23-25,31H,14-15H2,1-5H3,(H,32,35)/t17-,23-,24-,25-/m1/s1. The van der Waals surface area contributed by atoms with Crippen LogP contribution in [0.25, 0.3) is 10.9 Å². The molecule has 0 saturated carbocycles. The van der Waals surface area contributed by atoms with Crippen LogP contribution in [0.4, 0.5) is 0 Å². The number of carbonyl (C=O) groups is 3. The second-order valence-electron chi connectivity index (χ2n) is 11.5. The van der Waals surface area contributed by atoms with E-state index < -0.39 is 11.5 Å². The second kappa shape index (κ2) is 9.21. The summed E-state index contributed by atoms with van der Waals surface area (Å²) in [4.78, 5) is 47.3. The molecule has 3 aromatic rings. The average Bonchev–Trinajstić information content (AvgIpc) is 3.51. The molecule has 2 fully saturated rings. The van der Waals surface area contributed by atoms with Crippen molar-refractivity contribution in [3.8, 4) is 0 Å². The lowest BCUT2D eigenvalue weighted by atomic mass is 9.85. The van der Waals surface area contributed by atoms with Gasteiger partial charge in [0.2, 0.25) is 5.91 Å². The van der Waals surface area contributed by atoms with Crippen LogP contribution in [0.2, 0.25) is 5.02 Å². The molecule has 3 amide bonds. The number of fused-ring (bicyclic) bond motifs is 3. The number of carbonyl (C=O) groups excluding carboxylic acids is 3. The molecule has 2 aliphatic heterocycles. The van der Waals surface area contributed by atoms with Crippen molar-refractivity contribution in [1.82, 2.24) is 20.1 Å². The van der Waals surface area contributed by atoms with Crippen LogP contribution in [0.5, 0.6) is 0 Å². The van der Waals surface area contributed by atoms with E-state index >= 15 is 0 Å². The lowest BCUT2D eigenvalue weighted by molar-refractivity contribution is -0.138. The number of aromatic nitrogens is 1. The minimum absolute atomic E-state index is 0.0937. The molecule has 7 nitrogen and oxygen atoms in total. The number of nitrogens with one attached hydrogen (secondary N) is 2. The number of aryl methyl sites for hydroxylation is 1. The normalized spacial score (nSPS) is 21.9. The van der Waals surface area contributed by atoms with Crippen LogP contribution in [0.1, 0.15) is 54.1 Å². The smallest absolute Gasteiger partial charge is 0.268 e. The molecule has 5 rings (SSSR count). The fourth-order valence-electron chi connectivity index (χ4n) is 5.68. The minimum atomic E-state index is -0.714. The topological polar surface area (TPSA) is 85.5 Å². The molecule has 2 N–H and O–H groups in total. The Balaban J connectivity index is 1.33. The number of halogens is 1. The highest BCUT2D eigenvalue weighted by Gasteiger charge is 2.54. The van der Waals surface area contributed by atoms with E-state index in [4.69, 9.17) is 11.6 Å². The van der Waals surface area contributed by atoms with Gasteiger partial charge in [-0.25, -0.2) is 0 Å². The number of amides is 3. The Hall–Kier alpha value is -3.32. The zero-order chi connectivity index (χ0) is 26.6. The number of hydrogen-bond donors (Lipinski definition) is 2. The lowest BCUT2D eigenvalue weighted by Crippen LogP contribution is -2.59. The molecule has 0 aliphatic carbocycles. The minimum Gasteiger partial charge on any atom is -0.351 e. The fourth-order valence-corrected chi connectivity index (χ4v) is 6.00. The molecule has 4 atom stereocenters. The van der Waals surface area contributed by atoms with E-state index in [-0.39, 0.29) is 35.7 Å². The third-order valence-corrected chi connectivity index (χ3v) is 8.16. The van der Waals surface area contributed by atoms with E-state index in [2.05, 4.69) is 17.2 Å². The highest BCUT2D eigenvalue weighted by Crippen LogP contribution is 2.39. The van der Waals surface area contributed by atoms with E-state index in [1.165, 1.54) is 0 Å². The first-order valence-corrected chi connectivity index (χ1v) is 13.1. The van der Waals surface area contributed by atoms with Gasteiger partial charge in [0.05, 0.1) is 22.7 Å². The van der Waals surface area contributed by atoms with Crippen molar-refractivity contribution >= 4 is 40.2 Å². The van der Waals surface area contributed by atoms with Crippen LogP contribution in [0, 0.1) is 18.3 Å². The van der Waals surface area contributed by atoms with Crippen LogP contribution in [0.15, 0.2) is 48.5 Å². The molecule has 37 heavy (non-hydrogen) atoms. The number of benzene rings is 2. The highest BCUT2D eigenvalue weighted by molar-refractivity contribution is 6.33. The Morgan fingerprint density at radius 1 is 1.03 bits per heavy atom. The van der Waals surface area contributed by atoms with Crippen molar-refractivity contribution < 1.29 is 14.4 Å². The van der Waals surface area contributed by atoms with Gasteiger partial charge in [0.25, 0.3) is 11.8 Å². The second-order valence-corrected chi connectivity index (χ2v) is 11.9. The van der Waals surface area contributed by atoms with Gasteiger partial charge >= 0.3 is 0 Å². The maximum Gasteiger partial charge on any atom is 0.268 e. The first-order chi connectivity index (χ1) is 17.5. The molecule has 194 valence electrons. The van der Waals surface area contributed by atoms with Crippen molar-refractivity contribution in [3.05, 3.63) is 70.4 Å². The summed E-state index contributed by atoms with van der Waals surface area (Å²) in [7, 11) is 0. The Morgan fingerprint density at radius 2 is 1.70 bits per heavy atom. The number of hydrogen-bond acceptors (Lipinski definition) is 3. The van der Waals surface area contributed by atoms with Crippen LogP contribution < -0.4 is 5.32 Å². The summed E-state index contributed by atoms with van der Waals surface area (Å²) in [5.74, 6) is -0.400. The quantitative estimate of drug-likeness (QED) is 0.525. The van der Waals surface area contributed by atoms with Gasteiger partial charge in [-0.2, -0.15) is 0 Å². The van der Waals surface area contributed by atoms with Crippen LogP contribution in [-0.2, 0) is 4.79 Å². The molecular weight excluding hydrogens is 488 g/mol. The zero-order valence-electron chi connectivity index (χ0n) is 21.8. The van der Waals surface area contributed by atoms with Crippen molar-refractivity contribution in [2.75, 3.05) is 13.1 Å². The first kappa shape index (κ1) is 25.3. The van der Waals surface area contributed by atoms with E-state index in [0.29, 0.717) is 29.4 Å². The number of likely N-dealkylation sites (tertiary alicyclic amines) is 2. The molecular formula is C29H33ClN4O3. The van der Waals surface area contributed by atoms with Gasteiger partial charge in [-0.15, -0.1) is 0 Å². The van der Waals surface area contributed by atoms with Gasteiger partial charge in [0, 0.05) is 29.9 Å². The molecule has 3 heterocycles. The van der Waals surface area contributed by atoms with E-state index in [1.807, 2.05) is 67.8 Å². The van der Waals surface area contributed by atoms with Gasteiger partial charge in [-0.3, -0.25) is 14.4 Å². The van der Waals surface area contributed by atoms with Gasteiger partial charge in [-0.1, -0.05) is 63.6 Å². The van der Waals surface area contributed by atoms with Crippen molar-refractivity contribution in [1.29, 1.82) is 0 Å². The van der Waals surface area contributed by atoms with Crippen molar-refractivity contribution in [2.45, 2.75) is 52.7 Å². The number of rotatable bonds is 4. The SMILES string of the molecule is Cc1ccc(C(=O)N2C[C@@H]3[C@H](C)[C@H]2CN3C(=O)[C@@H](NC(=O)c2cc3ccccc3[nH]2)C(C)(C)C)c(Cl)c1. The fraction of sp³-hybridized carbons (Fsp3) is 0.414.